The van der Waals surface area contributed by atoms with Crippen LogP contribution in [0.3, 0.4) is 0 Å². The third-order valence-electron chi connectivity index (χ3n) is 5.92. The van der Waals surface area contributed by atoms with Gasteiger partial charge in [-0.25, -0.2) is 0 Å². The van der Waals surface area contributed by atoms with Gasteiger partial charge in [-0.15, -0.1) is 10.2 Å². The Morgan fingerprint density at radius 1 is 1.16 bits per heavy atom. The van der Waals surface area contributed by atoms with Gasteiger partial charge in [-0.2, -0.15) is 0 Å². The predicted molar refractivity (Wildman–Crippen MR) is 124 cm³/mol. The van der Waals surface area contributed by atoms with Gasteiger partial charge in [-0.05, 0) is 49.1 Å². The van der Waals surface area contributed by atoms with Crippen molar-refractivity contribution < 1.29 is 9.53 Å². The molecule has 1 aliphatic rings. The highest BCUT2D eigenvalue weighted by atomic mass is 32.2. The molecular formula is C24H30N4O2S. The lowest BCUT2D eigenvalue weighted by atomic mass is 9.95. The first-order valence-corrected chi connectivity index (χ1v) is 12.1. The summed E-state index contributed by atoms with van der Waals surface area (Å²) in [5, 5.41) is 14.9. The highest BCUT2D eigenvalue weighted by Crippen LogP contribution is 2.28. The average Bonchev–Trinajstić information content (AvgIpc) is 3.20. The van der Waals surface area contributed by atoms with E-state index >= 15 is 0 Å². The molecule has 164 valence electrons. The SMILES string of the molecule is CCn1c(COc2ccc3ccccc3c2C)nnc1SCC(=O)NC1CCCCC1. The number of hydrogen-bond donors (Lipinski definition) is 1. The van der Waals surface area contributed by atoms with Gasteiger partial charge in [0.15, 0.2) is 11.0 Å². The lowest BCUT2D eigenvalue weighted by Crippen LogP contribution is -2.37. The number of hydrogen-bond acceptors (Lipinski definition) is 5. The molecule has 2 aromatic carbocycles. The molecule has 0 spiro atoms. The number of carbonyl (C=O) groups is 1. The van der Waals surface area contributed by atoms with E-state index in [0.717, 1.165) is 41.7 Å². The Kier molecular flexibility index (Phi) is 7.12. The van der Waals surface area contributed by atoms with Crippen LogP contribution in [0, 0.1) is 6.92 Å². The summed E-state index contributed by atoms with van der Waals surface area (Å²) in [5.41, 5.74) is 1.12. The second kappa shape index (κ2) is 10.2. The Hall–Kier alpha value is -2.54. The second-order valence-electron chi connectivity index (χ2n) is 8.03. The summed E-state index contributed by atoms with van der Waals surface area (Å²) in [7, 11) is 0. The third-order valence-corrected chi connectivity index (χ3v) is 6.88. The standard InChI is InChI=1S/C24H30N4O2S/c1-3-28-22(15-30-21-14-13-18-9-7-8-12-20(18)17(21)2)26-27-24(28)31-16-23(29)25-19-10-5-4-6-11-19/h7-9,12-14,19H,3-6,10-11,15-16H2,1-2H3,(H,25,29). The quantitative estimate of drug-likeness (QED) is 0.508. The van der Waals surface area contributed by atoms with Crippen molar-refractivity contribution >= 4 is 28.4 Å². The van der Waals surface area contributed by atoms with Crippen molar-refractivity contribution in [1.29, 1.82) is 0 Å². The molecule has 1 N–H and O–H groups in total. The Morgan fingerprint density at radius 2 is 1.97 bits per heavy atom. The summed E-state index contributed by atoms with van der Waals surface area (Å²) >= 11 is 1.44. The fourth-order valence-corrected chi connectivity index (χ4v) is 5.03. The van der Waals surface area contributed by atoms with E-state index < -0.39 is 0 Å². The molecule has 0 bridgehead atoms. The van der Waals surface area contributed by atoms with E-state index in [2.05, 4.69) is 47.6 Å². The number of ether oxygens (including phenoxy) is 1. The van der Waals surface area contributed by atoms with Crippen molar-refractivity contribution in [2.75, 3.05) is 5.75 Å². The van der Waals surface area contributed by atoms with E-state index in [1.807, 2.05) is 22.8 Å². The molecule has 0 unspecified atom stereocenters. The number of rotatable bonds is 8. The molecule has 6 nitrogen and oxygen atoms in total. The molecule has 0 radical (unpaired) electrons. The molecule has 31 heavy (non-hydrogen) atoms. The highest BCUT2D eigenvalue weighted by Gasteiger charge is 2.18. The molecular weight excluding hydrogens is 408 g/mol. The molecule has 1 heterocycles. The highest BCUT2D eigenvalue weighted by molar-refractivity contribution is 7.99. The van der Waals surface area contributed by atoms with Gasteiger partial charge in [0.2, 0.25) is 5.91 Å². The molecule has 0 saturated heterocycles. The fourth-order valence-electron chi connectivity index (χ4n) is 4.20. The molecule has 1 aromatic heterocycles. The minimum atomic E-state index is 0.0761. The van der Waals surface area contributed by atoms with Crippen LogP contribution in [0.4, 0.5) is 0 Å². The smallest absolute Gasteiger partial charge is 0.230 e. The van der Waals surface area contributed by atoms with E-state index in [4.69, 9.17) is 4.74 Å². The zero-order valence-corrected chi connectivity index (χ0v) is 19.1. The summed E-state index contributed by atoms with van der Waals surface area (Å²) in [5.74, 6) is 2.06. The van der Waals surface area contributed by atoms with Gasteiger partial charge in [-0.3, -0.25) is 4.79 Å². The average molecular weight is 439 g/mol. The fraction of sp³-hybridized carbons (Fsp3) is 0.458. The number of amides is 1. The lowest BCUT2D eigenvalue weighted by molar-refractivity contribution is -0.119. The Balaban J connectivity index is 1.37. The third kappa shape index (κ3) is 5.21. The van der Waals surface area contributed by atoms with Crippen molar-refractivity contribution in [3.63, 3.8) is 0 Å². The molecule has 0 atom stereocenters. The number of nitrogens with zero attached hydrogens (tertiary/aromatic N) is 3. The predicted octanol–water partition coefficient (Wildman–Crippen LogP) is 4.88. The Bertz CT molecular complexity index is 1040. The van der Waals surface area contributed by atoms with Crippen molar-refractivity contribution in [3.05, 3.63) is 47.8 Å². The number of thioether (sulfide) groups is 1. The van der Waals surface area contributed by atoms with Crippen LogP contribution >= 0.6 is 11.8 Å². The van der Waals surface area contributed by atoms with Gasteiger partial charge >= 0.3 is 0 Å². The molecule has 0 aliphatic heterocycles. The Morgan fingerprint density at radius 3 is 2.77 bits per heavy atom. The normalized spacial score (nSPS) is 14.6. The van der Waals surface area contributed by atoms with Gasteiger partial charge in [0.1, 0.15) is 12.4 Å². The number of nitrogens with one attached hydrogen (secondary N) is 1. The lowest BCUT2D eigenvalue weighted by Gasteiger charge is -2.22. The molecule has 3 aromatic rings. The van der Waals surface area contributed by atoms with Crippen LogP contribution in [0.25, 0.3) is 10.8 Å². The topological polar surface area (TPSA) is 69.0 Å². The van der Waals surface area contributed by atoms with Crippen LogP contribution in [0.2, 0.25) is 0 Å². The van der Waals surface area contributed by atoms with Crippen molar-refractivity contribution in [3.8, 4) is 5.75 Å². The summed E-state index contributed by atoms with van der Waals surface area (Å²) in [4.78, 5) is 12.3. The van der Waals surface area contributed by atoms with E-state index in [-0.39, 0.29) is 5.91 Å². The minimum Gasteiger partial charge on any atom is -0.485 e. The minimum absolute atomic E-state index is 0.0761. The maximum absolute atomic E-state index is 12.3. The van der Waals surface area contributed by atoms with Gasteiger partial charge in [0.05, 0.1) is 5.75 Å². The maximum atomic E-state index is 12.3. The van der Waals surface area contributed by atoms with Gasteiger partial charge in [0.25, 0.3) is 0 Å². The first kappa shape index (κ1) is 21.7. The molecule has 7 heteroatoms. The monoisotopic (exact) mass is 438 g/mol. The zero-order valence-electron chi connectivity index (χ0n) is 18.3. The summed E-state index contributed by atoms with van der Waals surface area (Å²) in [6.45, 7) is 5.21. The van der Waals surface area contributed by atoms with Crippen LogP contribution in [-0.4, -0.2) is 32.5 Å². The van der Waals surface area contributed by atoms with Crippen LogP contribution in [0.15, 0.2) is 41.6 Å². The van der Waals surface area contributed by atoms with Gasteiger partial charge in [-0.1, -0.05) is 61.4 Å². The second-order valence-corrected chi connectivity index (χ2v) is 8.98. The van der Waals surface area contributed by atoms with Gasteiger partial charge < -0.3 is 14.6 Å². The summed E-state index contributed by atoms with van der Waals surface area (Å²) in [6.07, 6.45) is 5.89. The first-order chi connectivity index (χ1) is 15.2. The maximum Gasteiger partial charge on any atom is 0.230 e. The van der Waals surface area contributed by atoms with E-state index in [1.165, 1.54) is 41.8 Å². The van der Waals surface area contributed by atoms with Crippen LogP contribution in [0.1, 0.15) is 50.4 Å². The molecule has 1 amide bonds. The zero-order chi connectivity index (χ0) is 21.6. The van der Waals surface area contributed by atoms with E-state index in [0.29, 0.717) is 18.4 Å². The summed E-state index contributed by atoms with van der Waals surface area (Å²) < 4.78 is 8.12. The van der Waals surface area contributed by atoms with E-state index in [1.54, 1.807) is 0 Å². The number of aryl methyl sites for hydroxylation is 1. The van der Waals surface area contributed by atoms with Gasteiger partial charge in [0, 0.05) is 12.6 Å². The first-order valence-electron chi connectivity index (χ1n) is 11.1. The molecule has 1 fully saturated rings. The van der Waals surface area contributed by atoms with Crippen molar-refractivity contribution in [1.82, 2.24) is 20.1 Å². The van der Waals surface area contributed by atoms with Crippen LogP contribution in [-0.2, 0) is 17.9 Å². The number of carbonyl (C=O) groups excluding carboxylic acids is 1. The Labute approximate surface area is 187 Å². The molecule has 4 rings (SSSR count). The van der Waals surface area contributed by atoms with Crippen molar-refractivity contribution in [2.24, 2.45) is 0 Å². The largest absolute Gasteiger partial charge is 0.485 e. The number of aromatic nitrogens is 3. The van der Waals surface area contributed by atoms with Crippen LogP contribution < -0.4 is 10.1 Å². The van der Waals surface area contributed by atoms with Crippen molar-refractivity contribution in [2.45, 2.75) is 70.3 Å². The molecule has 1 aliphatic carbocycles. The summed E-state index contributed by atoms with van der Waals surface area (Å²) in [6, 6.07) is 12.7. The number of benzene rings is 2. The number of fused-ring (bicyclic) bond motifs is 1. The van der Waals surface area contributed by atoms with Crippen LogP contribution in [0.5, 0.6) is 5.75 Å². The molecule has 1 saturated carbocycles. The van der Waals surface area contributed by atoms with E-state index in [9.17, 15) is 4.79 Å².